The third-order valence-electron chi connectivity index (χ3n) is 4.84. The molecule has 6 nitrogen and oxygen atoms in total. The fraction of sp³-hybridized carbons (Fsp3) is 0.529. The topological polar surface area (TPSA) is 72.7 Å². The van der Waals surface area contributed by atoms with Crippen LogP contribution in [0.1, 0.15) is 56.0 Å². The molecule has 0 unspecified atom stereocenters. The van der Waals surface area contributed by atoms with E-state index in [4.69, 9.17) is 0 Å². The summed E-state index contributed by atoms with van der Waals surface area (Å²) in [7, 11) is 0. The van der Waals surface area contributed by atoms with Gasteiger partial charge in [-0.2, -0.15) is 5.10 Å². The molecule has 2 saturated carbocycles. The number of hydrogen-bond donors (Lipinski definition) is 1. The van der Waals surface area contributed by atoms with Crippen LogP contribution in [-0.4, -0.2) is 25.8 Å². The molecule has 2 aliphatic rings. The lowest BCUT2D eigenvalue weighted by molar-refractivity contribution is 0.303. The van der Waals surface area contributed by atoms with Crippen molar-refractivity contribution in [3.63, 3.8) is 0 Å². The number of anilines is 1. The number of hydrogen-bond acceptors (Lipinski definition) is 5. The van der Waals surface area contributed by atoms with Gasteiger partial charge in [0.05, 0.1) is 6.04 Å². The summed E-state index contributed by atoms with van der Waals surface area (Å²) in [6.07, 6.45) is 12.0. The second-order valence-corrected chi connectivity index (χ2v) is 6.57. The Labute approximate surface area is 135 Å². The first kappa shape index (κ1) is 14.4. The molecule has 0 saturated heterocycles. The van der Waals surface area contributed by atoms with Crippen molar-refractivity contribution in [2.45, 2.75) is 56.5 Å². The highest BCUT2D eigenvalue weighted by atomic mass is 16.1. The predicted octanol–water partition coefficient (Wildman–Crippen LogP) is 2.51. The Balaban J connectivity index is 1.34. The minimum absolute atomic E-state index is 0.0112. The third kappa shape index (κ3) is 3.25. The van der Waals surface area contributed by atoms with Crippen LogP contribution in [0.4, 0.5) is 5.95 Å². The van der Waals surface area contributed by atoms with Gasteiger partial charge in [-0.1, -0.05) is 0 Å². The molecule has 0 radical (unpaired) electrons. The van der Waals surface area contributed by atoms with E-state index in [0.29, 0.717) is 17.9 Å². The largest absolute Gasteiger partial charge is 0.351 e. The summed E-state index contributed by atoms with van der Waals surface area (Å²) in [6, 6.07) is 3.85. The van der Waals surface area contributed by atoms with Crippen LogP contribution >= 0.6 is 0 Å². The smallest absolute Gasteiger partial charge is 0.266 e. The second kappa shape index (κ2) is 6.10. The van der Waals surface area contributed by atoms with E-state index in [-0.39, 0.29) is 11.6 Å². The highest BCUT2D eigenvalue weighted by Crippen LogP contribution is 2.39. The van der Waals surface area contributed by atoms with E-state index in [1.165, 1.54) is 18.4 Å². The van der Waals surface area contributed by atoms with Crippen molar-refractivity contribution in [1.82, 2.24) is 19.7 Å². The normalized spacial score (nSPS) is 24.3. The average Bonchev–Trinajstić information content (AvgIpc) is 3.42. The number of nitrogens with zero attached hydrogens (tertiary/aromatic N) is 4. The molecule has 2 aliphatic carbocycles. The average molecular weight is 311 g/mol. The zero-order valence-corrected chi connectivity index (χ0v) is 13.1. The van der Waals surface area contributed by atoms with Gasteiger partial charge in [0.25, 0.3) is 5.56 Å². The first-order valence-corrected chi connectivity index (χ1v) is 8.42. The van der Waals surface area contributed by atoms with Gasteiger partial charge in [-0.15, -0.1) is 0 Å². The monoisotopic (exact) mass is 311 g/mol. The lowest BCUT2D eigenvalue weighted by atomic mass is 9.91. The summed E-state index contributed by atoms with van der Waals surface area (Å²) in [5, 5.41) is 7.63. The lowest BCUT2D eigenvalue weighted by Crippen LogP contribution is -2.33. The van der Waals surface area contributed by atoms with Crippen molar-refractivity contribution in [1.29, 1.82) is 0 Å². The van der Waals surface area contributed by atoms with Gasteiger partial charge in [0.1, 0.15) is 0 Å². The molecule has 2 aromatic heterocycles. The van der Waals surface area contributed by atoms with Gasteiger partial charge in [0.2, 0.25) is 5.95 Å². The Kier molecular flexibility index (Phi) is 3.81. The molecule has 4 rings (SSSR count). The molecule has 0 aliphatic heterocycles. The van der Waals surface area contributed by atoms with Crippen LogP contribution in [0.2, 0.25) is 0 Å². The van der Waals surface area contributed by atoms with Gasteiger partial charge in [-0.05, 0) is 56.1 Å². The van der Waals surface area contributed by atoms with Crippen molar-refractivity contribution in [3.05, 3.63) is 46.6 Å². The van der Waals surface area contributed by atoms with Crippen molar-refractivity contribution < 1.29 is 0 Å². The summed E-state index contributed by atoms with van der Waals surface area (Å²) in [5.74, 6) is 1.41. The Morgan fingerprint density at radius 1 is 1.04 bits per heavy atom. The van der Waals surface area contributed by atoms with Crippen molar-refractivity contribution in [2.75, 3.05) is 5.32 Å². The second-order valence-electron chi connectivity index (χ2n) is 6.57. The number of nitrogens with one attached hydrogen (secondary N) is 1. The highest BCUT2D eigenvalue weighted by Gasteiger charge is 2.25. The SMILES string of the molecule is O=c1cccnn1C1CCC(Nc2ncc(C3CC3)cn2)CC1. The molecule has 0 atom stereocenters. The van der Waals surface area contributed by atoms with Gasteiger partial charge in [-0.25, -0.2) is 14.6 Å². The molecule has 2 aromatic rings. The fourth-order valence-corrected chi connectivity index (χ4v) is 3.33. The van der Waals surface area contributed by atoms with E-state index in [0.717, 1.165) is 25.7 Å². The van der Waals surface area contributed by atoms with Crippen LogP contribution in [0.3, 0.4) is 0 Å². The quantitative estimate of drug-likeness (QED) is 0.939. The third-order valence-corrected chi connectivity index (χ3v) is 4.84. The minimum Gasteiger partial charge on any atom is -0.351 e. The zero-order valence-electron chi connectivity index (χ0n) is 13.1. The van der Waals surface area contributed by atoms with E-state index in [1.54, 1.807) is 23.0 Å². The maximum Gasteiger partial charge on any atom is 0.266 e. The molecular formula is C17H21N5O. The first-order valence-electron chi connectivity index (χ1n) is 8.42. The maximum atomic E-state index is 11.8. The van der Waals surface area contributed by atoms with Crippen molar-refractivity contribution >= 4 is 5.95 Å². The lowest BCUT2D eigenvalue weighted by Gasteiger charge is -2.29. The van der Waals surface area contributed by atoms with E-state index >= 15 is 0 Å². The number of rotatable bonds is 4. The van der Waals surface area contributed by atoms with Gasteiger partial charge in [0.15, 0.2) is 0 Å². The predicted molar refractivity (Wildman–Crippen MR) is 87.4 cm³/mol. The zero-order chi connectivity index (χ0) is 15.6. The molecule has 0 bridgehead atoms. The summed E-state index contributed by atoms with van der Waals surface area (Å²) in [5.41, 5.74) is 1.25. The summed E-state index contributed by atoms with van der Waals surface area (Å²) < 4.78 is 1.62. The standard InChI is InChI=1S/C17H21N5O/c23-16-2-1-9-20-22(16)15-7-5-14(6-8-15)21-17-18-10-13(11-19-17)12-3-4-12/h1-2,9-12,14-15H,3-8H2,(H,18,19,21). The van der Waals surface area contributed by atoms with Crippen LogP contribution in [0.15, 0.2) is 35.5 Å². The molecule has 1 N–H and O–H groups in total. The van der Waals surface area contributed by atoms with Crippen LogP contribution < -0.4 is 10.9 Å². The Bertz CT molecular complexity index is 714. The molecule has 120 valence electrons. The summed E-state index contributed by atoms with van der Waals surface area (Å²) >= 11 is 0. The van der Waals surface area contributed by atoms with Crippen molar-refractivity contribution in [2.24, 2.45) is 0 Å². The van der Waals surface area contributed by atoms with E-state index in [9.17, 15) is 4.79 Å². The molecule has 2 heterocycles. The van der Waals surface area contributed by atoms with E-state index in [1.807, 2.05) is 12.4 Å². The van der Waals surface area contributed by atoms with Crippen LogP contribution in [0.25, 0.3) is 0 Å². The van der Waals surface area contributed by atoms with E-state index < -0.39 is 0 Å². The Hall–Kier alpha value is -2.24. The van der Waals surface area contributed by atoms with Crippen molar-refractivity contribution in [3.8, 4) is 0 Å². The summed E-state index contributed by atoms with van der Waals surface area (Å²) in [6.45, 7) is 0. The van der Waals surface area contributed by atoms with Gasteiger partial charge in [-0.3, -0.25) is 4.79 Å². The fourth-order valence-electron chi connectivity index (χ4n) is 3.33. The number of aromatic nitrogens is 4. The Morgan fingerprint density at radius 2 is 1.78 bits per heavy atom. The Morgan fingerprint density at radius 3 is 2.43 bits per heavy atom. The first-order chi connectivity index (χ1) is 11.3. The molecule has 0 spiro atoms. The summed E-state index contributed by atoms with van der Waals surface area (Å²) in [4.78, 5) is 20.7. The molecule has 2 fully saturated rings. The highest BCUT2D eigenvalue weighted by molar-refractivity contribution is 5.28. The molecular weight excluding hydrogens is 290 g/mol. The molecule has 0 aromatic carbocycles. The van der Waals surface area contributed by atoms with Crippen LogP contribution in [0, 0.1) is 0 Å². The maximum absolute atomic E-state index is 11.8. The molecule has 6 heteroatoms. The minimum atomic E-state index is -0.0112. The van der Waals surface area contributed by atoms with E-state index in [2.05, 4.69) is 20.4 Å². The van der Waals surface area contributed by atoms with Crippen LogP contribution in [-0.2, 0) is 0 Å². The van der Waals surface area contributed by atoms with Gasteiger partial charge in [0, 0.05) is 30.7 Å². The molecule has 0 amide bonds. The van der Waals surface area contributed by atoms with Gasteiger partial charge >= 0.3 is 0 Å². The van der Waals surface area contributed by atoms with Gasteiger partial charge < -0.3 is 5.32 Å². The molecule has 23 heavy (non-hydrogen) atoms. The van der Waals surface area contributed by atoms with Crippen LogP contribution in [0.5, 0.6) is 0 Å².